The highest BCUT2D eigenvalue weighted by atomic mass is 16.5. The molecule has 0 aliphatic heterocycles. The summed E-state index contributed by atoms with van der Waals surface area (Å²) in [5.41, 5.74) is 1.83. The van der Waals surface area contributed by atoms with Crippen LogP contribution in [0.25, 0.3) is 11.0 Å². The zero-order chi connectivity index (χ0) is 22.5. The monoisotopic (exact) mass is 426 g/mol. The number of carbonyl (C=O) groups excluding carboxylic acids is 1. The highest BCUT2D eigenvalue weighted by Crippen LogP contribution is 2.19. The van der Waals surface area contributed by atoms with Gasteiger partial charge in [0.2, 0.25) is 0 Å². The summed E-state index contributed by atoms with van der Waals surface area (Å²) in [6.07, 6.45) is 3.90. The third kappa shape index (κ3) is 4.64. The number of aryl methyl sites for hydroxylation is 3. The fourth-order valence-electron chi connectivity index (χ4n) is 3.75. The Morgan fingerprint density at radius 2 is 1.77 bits per heavy atom. The number of benzene rings is 1. The number of hydrogen-bond acceptors (Lipinski definition) is 4. The van der Waals surface area contributed by atoms with Crippen LogP contribution in [0.5, 0.6) is 0 Å². The van der Waals surface area contributed by atoms with Crippen molar-refractivity contribution in [3.05, 3.63) is 62.4 Å². The Morgan fingerprint density at radius 1 is 1.06 bits per heavy atom. The van der Waals surface area contributed by atoms with Crippen LogP contribution in [0.15, 0.2) is 39.9 Å². The van der Waals surface area contributed by atoms with Crippen LogP contribution < -0.4 is 16.6 Å². The first kappa shape index (κ1) is 22.6. The highest BCUT2D eigenvalue weighted by Gasteiger charge is 2.21. The minimum Gasteiger partial charge on any atom is -0.385 e. The number of unbranched alkanes of at least 4 members (excludes halogenated alkanes) is 1. The van der Waals surface area contributed by atoms with E-state index in [0.29, 0.717) is 42.0 Å². The standard InChI is InChI=1S/C23H30N4O4/c1-5-6-8-16-9-11-17(12-10-16)24-20(28)19-15-18-21(27(19)13-7-14-31-4)25(2)23(30)26(3)22(18)29/h9-12,15H,5-8,13-14H2,1-4H3,(H,24,28). The molecule has 0 unspecified atom stereocenters. The number of nitrogens with zero attached hydrogens (tertiary/aromatic N) is 3. The summed E-state index contributed by atoms with van der Waals surface area (Å²) in [6.45, 7) is 3.10. The van der Waals surface area contributed by atoms with Gasteiger partial charge in [0.05, 0.1) is 5.39 Å². The van der Waals surface area contributed by atoms with Crippen molar-refractivity contribution < 1.29 is 9.53 Å². The van der Waals surface area contributed by atoms with Gasteiger partial charge >= 0.3 is 5.69 Å². The first-order valence-electron chi connectivity index (χ1n) is 10.6. The normalized spacial score (nSPS) is 11.2. The summed E-state index contributed by atoms with van der Waals surface area (Å²) in [4.78, 5) is 38.3. The average molecular weight is 427 g/mol. The summed E-state index contributed by atoms with van der Waals surface area (Å²) >= 11 is 0. The van der Waals surface area contributed by atoms with Crippen LogP contribution in [0.3, 0.4) is 0 Å². The fourth-order valence-corrected chi connectivity index (χ4v) is 3.75. The summed E-state index contributed by atoms with van der Waals surface area (Å²) in [7, 11) is 4.65. The molecule has 0 fully saturated rings. The van der Waals surface area contributed by atoms with Gasteiger partial charge < -0.3 is 14.6 Å². The summed E-state index contributed by atoms with van der Waals surface area (Å²) in [6, 6.07) is 9.36. The van der Waals surface area contributed by atoms with Gasteiger partial charge in [-0.05, 0) is 43.0 Å². The quantitative estimate of drug-likeness (QED) is 0.533. The number of aromatic nitrogens is 3. The molecule has 8 heteroatoms. The van der Waals surface area contributed by atoms with Crippen LogP contribution in [0.4, 0.5) is 5.69 Å². The van der Waals surface area contributed by atoms with E-state index in [9.17, 15) is 14.4 Å². The van der Waals surface area contributed by atoms with Crippen molar-refractivity contribution in [3.63, 3.8) is 0 Å². The van der Waals surface area contributed by atoms with Crippen LogP contribution in [-0.2, 0) is 31.8 Å². The Kier molecular flexibility index (Phi) is 7.12. The molecule has 1 N–H and O–H groups in total. The zero-order valence-corrected chi connectivity index (χ0v) is 18.6. The molecule has 1 amide bonds. The molecule has 0 saturated heterocycles. The van der Waals surface area contributed by atoms with Crippen LogP contribution in [-0.4, -0.2) is 33.3 Å². The zero-order valence-electron chi connectivity index (χ0n) is 18.6. The van der Waals surface area contributed by atoms with Gasteiger partial charge in [0.15, 0.2) is 0 Å². The van der Waals surface area contributed by atoms with Gasteiger partial charge in [-0.15, -0.1) is 0 Å². The number of methoxy groups -OCH3 is 1. The Morgan fingerprint density at radius 3 is 2.42 bits per heavy atom. The van der Waals surface area contributed by atoms with Gasteiger partial charge in [0.1, 0.15) is 11.3 Å². The molecule has 3 aromatic rings. The number of hydrogen-bond donors (Lipinski definition) is 1. The molecule has 3 rings (SSSR count). The van der Waals surface area contributed by atoms with Gasteiger partial charge in [-0.25, -0.2) is 4.79 Å². The molecule has 2 heterocycles. The van der Waals surface area contributed by atoms with E-state index in [-0.39, 0.29) is 5.91 Å². The fraction of sp³-hybridized carbons (Fsp3) is 0.435. The average Bonchev–Trinajstić information content (AvgIpc) is 3.15. The molecule has 0 atom stereocenters. The minimum absolute atomic E-state index is 0.329. The SMILES string of the molecule is CCCCc1ccc(NC(=O)c2cc3c(=O)n(C)c(=O)n(C)c3n2CCCOC)cc1. The summed E-state index contributed by atoms with van der Waals surface area (Å²) < 4.78 is 9.32. The molecule has 0 saturated carbocycles. The number of amides is 1. The summed E-state index contributed by atoms with van der Waals surface area (Å²) in [5.74, 6) is -0.329. The predicted molar refractivity (Wildman–Crippen MR) is 122 cm³/mol. The second kappa shape index (κ2) is 9.78. The second-order valence-corrected chi connectivity index (χ2v) is 7.73. The molecule has 31 heavy (non-hydrogen) atoms. The molecule has 0 radical (unpaired) electrons. The Labute approximate surface area is 181 Å². The maximum absolute atomic E-state index is 13.1. The van der Waals surface area contributed by atoms with Crippen LogP contribution in [0.1, 0.15) is 42.2 Å². The molecule has 0 aliphatic carbocycles. The largest absolute Gasteiger partial charge is 0.385 e. The van der Waals surface area contributed by atoms with Crippen molar-refractivity contribution >= 4 is 22.6 Å². The van der Waals surface area contributed by atoms with E-state index >= 15 is 0 Å². The van der Waals surface area contributed by atoms with E-state index in [1.54, 1.807) is 24.8 Å². The number of rotatable bonds is 9. The number of ether oxygens (including phenoxy) is 1. The number of anilines is 1. The molecule has 1 aromatic carbocycles. The van der Waals surface area contributed by atoms with Crippen molar-refractivity contribution in [2.75, 3.05) is 19.0 Å². The van der Waals surface area contributed by atoms with E-state index in [2.05, 4.69) is 12.2 Å². The maximum Gasteiger partial charge on any atom is 0.332 e. The van der Waals surface area contributed by atoms with Gasteiger partial charge in [0, 0.05) is 40.0 Å². The van der Waals surface area contributed by atoms with E-state index in [1.165, 1.54) is 17.2 Å². The Bertz CT molecular complexity index is 1190. The number of fused-ring (bicyclic) bond motifs is 1. The van der Waals surface area contributed by atoms with Gasteiger partial charge in [-0.1, -0.05) is 25.5 Å². The van der Waals surface area contributed by atoms with E-state index in [0.717, 1.165) is 23.8 Å². The molecule has 0 bridgehead atoms. The van der Waals surface area contributed by atoms with Crippen LogP contribution in [0.2, 0.25) is 0 Å². The number of carbonyl (C=O) groups is 1. The van der Waals surface area contributed by atoms with Crippen LogP contribution >= 0.6 is 0 Å². The van der Waals surface area contributed by atoms with Crippen molar-refractivity contribution in [2.45, 2.75) is 39.2 Å². The topological polar surface area (TPSA) is 87.3 Å². The summed E-state index contributed by atoms with van der Waals surface area (Å²) in [5, 5.41) is 3.25. The van der Waals surface area contributed by atoms with Crippen molar-refractivity contribution in [1.82, 2.24) is 13.7 Å². The lowest BCUT2D eigenvalue weighted by molar-refractivity contribution is 0.101. The molecule has 8 nitrogen and oxygen atoms in total. The smallest absolute Gasteiger partial charge is 0.332 e. The van der Waals surface area contributed by atoms with E-state index < -0.39 is 11.2 Å². The first-order chi connectivity index (χ1) is 14.9. The van der Waals surface area contributed by atoms with Crippen LogP contribution in [0, 0.1) is 0 Å². The molecular weight excluding hydrogens is 396 g/mol. The van der Waals surface area contributed by atoms with E-state index in [4.69, 9.17) is 4.74 Å². The molecular formula is C23H30N4O4. The van der Waals surface area contributed by atoms with Gasteiger partial charge in [-0.2, -0.15) is 0 Å². The Hall–Kier alpha value is -3.13. The first-order valence-corrected chi connectivity index (χ1v) is 10.6. The molecule has 0 aliphatic rings. The van der Waals surface area contributed by atoms with Crippen molar-refractivity contribution in [2.24, 2.45) is 14.1 Å². The maximum atomic E-state index is 13.1. The molecule has 0 spiro atoms. The highest BCUT2D eigenvalue weighted by molar-refractivity contribution is 6.06. The lowest BCUT2D eigenvalue weighted by atomic mass is 10.1. The Balaban J connectivity index is 1.99. The lowest BCUT2D eigenvalue weighted by Crippen LogP contribution is -2.37. The third-order valence-electron chi connectivity index (χ3n) is 5.49. The predicted octanol–water partition coefficient (Wildman–Crippen LogP) is 2.67. The van der Waals surface area contributed by atoms with Crippen molar-refractivity contribution in [1.29, 1.82) is 0 Å². The molecule has 166 valence electrons. The molecule has 2 aromatic heterocycles. The van der Waals surface area contributed by atoms with Crippen molar-refractivity contribution in [3.8, 4) is 0 Å². The van der Waals surface area contributed by atoms with Gasteiger partial charge in [0.25, 0.3) is 11.5 Å². The van der Waals surface area contributed by atoms with E-state index in [1.807, 2.05) is 24.3 Å². The van der Waals surface area contributed by atoms with Gasteiger partial charge in [-0.3, -0.25) is 18.7 Å². The lowest BCUT2D eigenvalue weighted by Gasteiger charge is -2.13. The number of nitrogens with one attached hydrogen (secondary N) is 1. The second-order valence-electron chi connectivity index (χ2n) is 7.73. The minimum atomic E-state index is -0.432. The third-order valence-corrected chi connectivity index (χ3v) is 5.49.